The number of carbonyl (C=O) groups excluding carboxylic acids is 1. The monoisotopic (exact) mass is 288 g/mol. The average molecular weight is 288 g/mol. The lowest BCUT2D eigenvalue weighted by Gasteiger charge is -2.15. The van der Waals surface area contributed by atoms with Crippen molar-refractivity contribution in [3.05, 3.63) is 35.1 Å². The van der Waals surface area contributed by atoms with Crippen LogP contribution in [0.2, 0.25) is 0 Å². The molecule has 0 radical (unpaired) electrons. The molecule has 1 fully saturated rings. The van der Waals surface area contributed by atoms with Crippen molar-refractivity contribution < 1.29 is 9.18 Å². The molecule has 1 aromatic carbocycles. The molecule has 1 aliphatic rings. The lowest BCUT2D eigenvalue weighted by molar-refractivity contribution is 0.0939. The third-order valence-corrected chi connectivity index (χ3v) is 3.91. The summed E-state index contributed by atoms with van der Waals surface area (Å²) >= 11 is 0. The van der Waals surface area contributed by atoms with Gasteiger partial charge in [0.1, 0.15) is 5.82 Å². The van der Waals surface area contributed by atoms with Crippen molar-refractivity contribution >= 4 is 5.91 Å². The summed E-state index contributed by atoms with van der Waals surface area (Å²) in [4.78, 5) is 12.1. The third kappa shape index (κ3) is 4.05. The first-order valence-corrected chi connectivity index (χ1v) is 7.37. The normalized spacial score (nSPS) is 15.0. The Morgan fingerprint density at radius 3 is 2.81 bits per heavy atom. The van der Waals surface area contributed by atoms with Crippen LogP contribution in [0.1, 0.15) is 48.5 Å². The molecular formula is C17H21FN2O. The molecule has 0 heterocycles. The number of hydrogen-bond acceptors (Lipinski definition) is 2. The molecule has 1 saturated carbocycles. The summed E-state index contributed by atoms with van der Waals surface area (Å²) in [5.41, 5.74) is 6.13. The number of hydrogen-bond donors (Lipinski definition) is 2. The Kier molecular flexibility index (Phi) is 4.98. The van der Waals surface area contributed by atoms with Crippen molar-refractivity contribution in [1.82, 2.24) is 5.32 Å². The van der Waals surface area contributed by atoms with E-state index >= 15 is 0 Å². The largest absolute Gasteiger partial charge is 0.351 e. The lowest BCUT2D eigenvalue weighted by atomic mass is 10.0. The molecule has 112 valence electrons. The summed E-state index contributed by atoms with van der Waals surface area (Å²) < 4.78 is 14.0. The topological polar surface area (TPSA) is 55.1 Å². The Balaban J connectivity index is 1.99. The molecule has 4 heteroatoms. The zero-order valence-corrected chi connectivity index (χ0v) is 12.3. The highest BCUT2D eigenvalue weighted by Crippen LogP contribution is 2.48. The van der Waals surface area contributed by atoms with Gasteiger partial charge in [-0.25, -0.2) is 4.39 Å². The van der Waals surface area contributed by atoms with Crippen molar-refractivity contribution in [3.63, 3.8) is 0 Å². The third-order valence-electron chi connectivity index (χ3n) is 3.91. The maximum absolute atomic E-state index is 14.0. The molecule has 1 amide bonds. The molecule has 3 N–H and O–H groups in total. The Labute approximate surface area is 125 Å². The Morgan fingerprint density at radius 1 is 1.48 bits per heavy atom. The molecule has 0 unspecified atom stereocenters. The molecule has 0 atom stereocenters. The first-order chi connectivity index (χ1) is 10.1. The van der Waals surface area contributed by atoms with Crippen LogP contribution in [0.15, 0.2) is 18.2 Å². The summed E-state index contributed by atoms with van der Waals surface area (Å²) in [6.07, 6.45) is 4.52. The van der Waals surface area contributed by atoms with Crippen molar-refractivity contribution in [2.75, 3.05) is 13.1 Å². The number of amides is 1. The molecular weight excluding hydrogens is 267 g/mol. The van der Waals surface area contributed by atoms with Gasteiger partial charge in [-0.1, -0.05) is 25.2 Å². The molecule has 0 aromatic heterocycles. The molecule has 0 aliphatic heterocycles. The van der Waals surface area contributed by atoms with Gasteiger partial charge in [0.05, 0.1) is 12.1 Å². The Hall–Kier alpha value is -1.86. The number of halogens is 1. The van der Waals surface area contributed by atoms with Gasteiger partial charge in [0.15, 0.2) is 0 Å². The second-order valence-electron chi connectivity index (χ2n) is 5.63. The van der Waals surface area contributed by atoms with Gasteiger partial charge in [-0.05, 0) is 42.9 Å². The minimum absolute atomic E-state index is 0.0700. The maximum atomic E-state index is 14.0. The van der Waals surface area contributed by atoms with E-state index in [4.69, 9.17) is 5.73 Å². The van der Waals surface area contributed by atoms with Gasteiger partial charge in [-0.15, -0.1) is 0 Å². The maximum Gasteiger partial charge on any atom is 0.254 e. The van der Waals surface area contributed by atoms with E-state index in [1.54, 1.807) is 6.07 Å². The summed E-state index contributed by atoms with van der Waals surface area (Å²) in [7, 11) is 0. The highest BCUT2D eigenvalue weighted by Gasteiger charge is 2.41. The summed E-state index contributed by atoms with van der Waals surface area (Å²) in [6.45, 7) is 3.00. The quantitative estimate of drug-likeness (QED) is 0.818. The number of nitrogens with two attached hydrogens (primary N) is 1. The minimum Gasteiger partial charge on any atom is -0.351 e. The molecule has 1 aromatic rings. The SMILES string of the molecule is CCCC1(CNC(=O)c2ccc(C#CCN)cc2F)CC1. The van der Waals surface area contributed by atoms with Crippen molar-refractivity contribution in [1.29, 1.82) is 0 Å². The first kappa shape index (κ1) is 15.5. The van der Waals surface area contributed by atoms with Crippen molar-refractivity contribution in [2.24, 2.45) is 11.1 Å². The lowest BCUT2D eigenvalue weighted by Crippen LogP contribution is -2.30. The molecule has 21 heavy (non-hydrogen) atoms. The summed E-state index contributed by atoms with van der Waals surface area (Å²) in [5.74, 6) is 4.51. The van der Waals surface area contributed by atoms with Crippen molar-refractivity contribution in [3.8, 4) is 11.8 Å². The van der Waals surface area contributed by atoms with E-state index in [1.807, 2.05) is 0 Å². The minimum atomic E-state index is -0.545. The summed E-state index contributed by atoms with van der Waals surface area (Å²) in [5, 5.41) is 2.86. The van der Waals surface area contributed by atoms with E-state index in [1.165, 1.54) is 12.1 Å². The number of rotatable bonds is 5. The predicted molar refractivity (Wildman–Crippen MR) is 81.2 cm³/mol. The number of carbonyl (C=O) groups is 1. The summed E-state index contributed by atoms with van der Waals surface area (Å²) in [6, 6.07) is 4.39. The zero-order valence-electron chi connectivity index (χ0n) is 12.3. The van der Waals surface area contributed by atoms with E-state index in [0.717, 1.165) is 25.7 Å². The van der Waals surface area contributed by atoms with Gasteiger partial charge < -0.3 is 11.1 Å². The van der Waals surface area contributed by atoms with Crippen LogP contribution < -0.4 is 11.1 Å². The van der Waals surface area contributed by atoms with Gasteiger partial charge in [-0.3, -0.25) is 4.79 Å². The van der Waals surface area contributed by atoms with E-state index < -0.39 is 5.82 Å². The predicted octanol–water partition coefficient (Wildman–Crippen LogP) is 2.45. The second-order valence-corrected chi connectivity index (χ2v) is 5.63. The molecule has 0 saturated heterocycles. The average Bonchev–Trinajstić information content (AvgIpc) is 3.23. The molecule has 0 bridgehead atoms. The van der Waals surface area contributed by atoms with E-state index in [0.29, 0.717) is 12.1 Å². The Morgan fingerprint density at radius 2 is 2.24 bits per heavy atom. The number of nitrogens with one attached hydrogen (secondary N) is 1. The van der Waals surface area contributed by atoms with Crippen molar-refractivity contribution in [2.45, 2.75) is 32.6 Å². The standard InChI is InChI=1S/C17H21FN2O/c1-2-7-17(8-9-17)12-20-16(21)14-6-5-13(4-3-10-19)11-15(14)18/h5-6,11H,2,7-10,12,19H2,1H3,(H,20,21). The first-order valence-electron chi connectivity index (χ1n) is 7.37. The van der Waals surface area contributed by atoms with Crippen LogP contribution in [-0.4, -0.2) is 19.0 Å². The highest BCUT2D eigenvalue weighted by atomic mass is 19.1. The number of benzene rings is 1. The molecule has 1 aliphatic carbocycles. The fourth-order valence-corrected chi connectivity index (χ4v) is 2.52. The second kappa shape index (κ2) is 6.73. The van der Waals surface area contributed by atoms with Crippen LogP contribution in [0.25, 0.3) is 0 Å². The zero-order chi connectivity index (χ0) is 15.3. The van der Waals surface area contributed by atoms with E-state index in [2.05, 4.69) is 24.1 Å². The molecule has 2 rings (SSSR count). The van der Waals surface area contributed by atoms with Gasteiger partial charge >= 0.3 is 0 Å². The Bertz CT molecular complexity index is 582. The van der Waals surface area contributed by atoms with Crippen LogP contribution in [0, 0.1) is 23.1 Å². The fourth-order valence-electron chi connectivity index (χ4n) is 2.52. The van der Waals surface area contributed by atoms with Gasteiger partial charge in [0.2, 0.25) is 0 Å². The van der Waals surface area contributed by atoms with Crippen LogP contribution in [0.4, 0.5) is 4.39 Å². The van der Waals surface area contributed by atoms with Crippen LogP contribution in [0.3, 0.4) is 0 Å². The van der Waals surface area contributed by atoms with Gasteiger partial charge in [0.25, 0.3) is 5.91 Å². The fraction of sp³-hybridized carbons (Fsp3) is 0.471. The van der Waals surface area contributed by atoms with E-state index in [9.17, 15) is 9.18 Å². The van der Waals surface area contributed by atoms with Crippen LogP contribution in [0.5, 0.6) is 0 Å². The smallest absolute Gasteiger partial charge is 0.254 e. The van der Waals surface area contributed by atoms with Crippen LogP contribution in [-0.2, 0) is 0 Å². The van der Waals surface area contributed by atoms with Gasteiger partial charge in [0, 0.05) is 12.1 Å². The molecule has 3 nitrogen and oxygen atoms in total. The van der Waals surface area contributed by atoms with Crippen LogP contribution >= 0.6 is 0 Å². The molecule has 0 spiro atoms. The van der Waals surface area contributed by atoms with Gasteiger partial charge in [-0.2, -0.15) is 0 Å². The van der Waals surface area contributed by atoms with E-state index in [-0.39, 0.29) is 23.4 Å². The highest BCUT2D eigenvalue weighted by molar-refractivity contribution is 5.94.